The standard InChI is InChI=1S/C7H9FS/c1-6(8)5-7-3-2-4-9-7/h2-4,6H,5H2,1H3. The molecular weight excluding hydrogens is 135 g/mol. The van der Waals surface area contributed by atoms with Crippen molar-refractivity contribution < 1.29 is 4.39 Å². The molecule has 0 saturated carbocycles. The molecule has 1 unspecified atom stereocenters. The maximum Gasteiger partial charge on any atom is 0.102 e. The fourth-order valence-electron chi connectivity index (χ4n) is 0.706. The lowest BCUT2D eigenvalue weighted by Crippen LogP contribution is -1.94. The van der Waals surface area contributed by atoms with E-state index in [9.17, 15) is 4.39 Å². The van der Waals surface area contributed by atoms with Gasteiger partial charge in [-0.2, -0.15) is 0 Å². The second-order valence-electron chi connectivity index (χ2n) is 2.06. The van der Waals surface area contributed by atoms with Gasteiger partial charge in [-0.3, -0.25) is 0 Å². The second-order valence-corrected chi connectivity index (χ2v) is 3.10. The summed E-state index contributed by atoms with van der Waals surface area (Å²) in [6.07, 6.45) is -0.138. The van der Waals surface area contributed by atoms with E-state index in [0.29, 0.717) is 6.42 Å². The van der Waals surface area contributed by atoms with E-state index in [2.05, 4.69) is 0 Å². The van der Waals surface area contributed by atoms with Crippen molar-refractivity contribution in [3.05, 3.63) is 22.4 Å². The van der Waals surface area contributed by atoms with Gasteiger partial charge in [0, 0.05) is 11.3 Å². The van der Waals surface area contributed by atoms with E-state index in [0.717, 1.165) is 4.88 Å². The zero-order valence-electron chi connectivity index (χ0n) is 5.30. The van der Waals surface area contributed by atoms with Crippen molar-refractivity contribution in [3.63, 3.8) is 0 Å². The third-order valence-corrected chi connectivity index (χ3v) is 1.96. The van der Waals surface area contributed by atoms with Crippen LogP contribution < -0.4 is 0 Å². The molecule has 1 atom stereocenters. The van der Waals surface area contributed by atoms with Crippen LogP contribution in [0.2, 0.25) is 0 Å². The molecule has 0 aliphatic heterocycles. The van der Waals surface area contributed by atoms with Crippen molar-refractivity contribution in [3.8, 4) is 0 Å². The summed E-state index contributed by atoms with van der Waals surface area (Å²) in [5.41, 5.74) is 0. The second kappa shape index (κ2) is 2.97. The molecule has 0 nitrogen and oxygen atoms in total. The van der Waals surface area contributed by atoms with Gasteiger partial charge in [-0.15, -0.1) is 11.3 Å². The lowest BCUT2D eigenvalue weighted by Gasteiger charge is -1.95. The minimum absolute atomic E-state index is 0.567. The molecule has 0 aliphatic rings. The molecule has 0 amide bonds. The molecule has 1 rings (SSSR count). The van der Waals surface area contributed by atoms with Gasteiger partial charge in [0.05, 0.1) is 0 Å². The zero-order valence-corrected chi connectivity index (χ0v) is 6.12. The Bertz CT molecular complexity index is 155. The minimum atomic E-state index is -0.705. The minimum Gasteiger partial charge on any atom is -0.247 e. The Hall–Kier alpha value is -0.370. The van der Waals surface area contributed by atoms with E-state index in [4.69, 9.17) is 0 Å². The first-order valence-electron chi connectivity index (χ1n) is 2.95. The van der Waals surface area contributed by atoms with Crippen LogP contribution in [0.5, 0.6) is 0 Å². The molecule has 0 aromatic carbocycles. The monoisotopic (exact) mass is 144 g/mol. The Kier molecular flexibility index (Phi) is 2.22. The fourth-order valence-corrected chi connectivity index (χ4v) is 1.52. The van der Waals surface area contributed by atoms with Crippen molar-refractivity contribution in [2.24, 2.45) is 0 Å². The molecule has 0 aliphatic carbocycles. The van der Waals surface area contributed by atoms with Gasteiger partial charge in [0.15, 0.2) is 0 Å². The molecule has 0 bridgehead atoms. The van der Waals surface area contributed by atoms with Crippen LogP contribution in [0.25, 0.3) is 0 Å². The highest BCUT2D eigenvalue weighted by Gasteiger charge is 1.99. The maximum atomic E-state index is 12.3. The summed E-state index contributed by atoms with van der Waals surface area (Å²) in [7, 11) is 0. The highest BCUT2D eigenvalue weighted by Crippen LogP contribution is 2.11. The Balaban J connectivity index is 2.48. The quantitative estimate of drug-likeness (QED) is 0.598. The van der Waals surface area contributed by atoms with Crippen molar-refractivity contribution in [2.45, 2.75) is 19.5 Å². The van der Waals surface area contributed by atoms with Gasteiger partial charge >= 0.3 is 0 Å². The van der Waals surface area contributed by atoms with E-state index in [1.54, 1.807) is 18.3 Å². The Morgan fingerprint density at radius 1 is 1.78 bits per heavy atom. The van der Waals surface area contributed by atoms with E-state index < -0.39 is 6.17 Å². The Morgan fingerprint density at radius 3 is 3.00 bits per heavy atom. The van der Waals surface area contributed by atoms with Gasteiger partial charge in [0.1, 0.15) is 6.17 Å². The van der Waals surface area contributed by atoms with Gasteiger partial charge in [-0.1, -0.05) is 6.07 Å². The summed E-state index contributed by atoms with van der Waals surface area (Å²) in [6.45, 7) is 1.58. The SMILES string of the molecule is CC(F)Cc1cccs1. The van der Waals surface area contributed by atoms with Crippen LogP contribution in [0, 0.1) is 0 Å². The molecule has 0 saturated heterocycles. The smallest absolute Gasteiger partial charge is 0.102 e. The Labute approximate surface area is 58.3 Å². The maximum absolute atomic E-state index is 12.3. The largest absolute Gasteiger partial charge is 0.247 e. The predicted molar refractivity (Wildman–Crippen MR) is 38.6 cm³/mol. The van der Waals surface area contributed by atoms with Crippen LogP contribution in [0.4, 0.5) is 4.39 Å². The molecule has 9 heavy (non-hydrogen) atoms. The topological polar surface area (TPSA) is 0 Å². The first-order chi connectivity index (χ1) is 4.29. The molecule has 2 heteroatoms. The van der Waals surface area contributed by atoms with Gasteiger partial charge in [0.25, 0.3) is 0 Å². The highest BCUT2D eigenvalue weighted by atomic mass is 32.1. The number of hydrogen-bond acceptors (Lipinski definition) is 1. The van der Waals surface area contributed by atoms with E-state index >= 15 is 0 Å². The summed E-state index contributed by atoms with van der Waals surface area (Å²) in [4.78, 5) is 1.13. The van der Waals surface area contributed by atoms with Crippen molar-refractivity contribution in [1.29, 1.82) is 0 Å². The van der Waals surface area contributed by atoms with E-state index in [1.807, 2.05) is 17.5 Å². The molecule has 0 spiro atoms. The first kappa shape index (κ1) is 6.75. The van der Waals surface area contributed by atoms with Crippen molar-refractivity contribution in [2.75, 3.05) is 0 Å². The van der Waals surface area contributed by atoms with Crippen LogP contribution in [-0.2, 0) is 6.42 Å². The van der Waals surface area contributed by atoms with E-state index in [-0.39, 0.29) is 0 Å². The lowest BCUT2D eigenvalue weighted by molar-refractivity contribution is 0.362. The normalized spacial score (nSPS) is 13.6. The van der Waals surface area contributed by atoms with Crippen LogP contribution >= 0.6 is 11.3 Å². The van der Waals surface area contributed by atoms with Crippen LogP contribution in [-0.4, -0.2) is 6.17 Å². The highest BCUT2D eigenvalue weighted by molar-refractivity contribution is 7.09. The molecule has 1 aromatic heterocycles. The number of alkyl halides is 1. The summed E-state index contributed by atoms with van der Waals surface area (Å²) >= 11 is 1.61. The third-order valence-electron chi connectivity index (χ3n) is 1.06. The summed E-state index contributed by atoms with van der Waals surface area (Å²) in [6, 6.07) is 3.91. The van der Waals surface area contributed by atoms with Crippen LogP contribution in [0.3, 0.4) is 0 Å². The Morgan fingerprint density at radius 2 is 2.56 bits per heavy atom. The van der Waals surface area contributed by atoms with Crippen LogP contribution in [0.1, 0.15) is 11.8 Å². The summed E-state index contributed by atoms with van der Waals surface area (Å²) < 4.78 is 12.3. The molecule has 0 N–H and O–H groups in total. The molecular formula is C7H9FS. The van der Waals surface area contributed by atoms with Gasteiger partial charge < -0.3 is 0 Å². The lowest BCUT2D eigenvalue weighted by atomic mass is 10.3. The average molecular weight is 144 g/mol. The number of hydrogen-bond donors (Lipinski definition) is 0. The van der Waals surface area contributed by atoms with Gasteiger partial charge in [0.2, 0.25) is 0 Å². The van der Waals surface area contributed by atoms with Crippen molar-refractivity contribution in [1.82, 2.24) is 0 Å². The zero-order chi connectivity index (χ0) is 6.69. The molecule has 1 heterocycles. The van der Waals surface area contributed by atoms with E-state index in [1.165, 1.54) is 0 Å². The molecule has 50 valence electrons. The summed E-state index contributed by atoms with van der Waals surface area (Å²) in [5.74, 6) is 0. The number of halogens is 1. The summed E-state index contributed by atoms with van der Waals surface area (Å²) in [5, 5.41) is 1.97. The fraction of sp³-hybridized carbons (Fsp3) is 0.429. The number of rotatable bonds is 2. The van der Waals surface area contributed by atoms with Crippen molar-refractivity contribution >= 4 is 11.3 Å². The molecule has 1 aromatic rings. The van der Waals surface area contributed by atoms with Gasteiger partial charge in [-0.05, 0) is 18.4 Å². The molecule has 0 radical (unpaired) electrons. The number of thiophene rings is 1. The third kappa shape index (κ3) is 2.14. The van der Waals surface area contributed by atoms with Gasteiger partial charge in [-0.25, -0.2) is 4.39 Å². The average Bonchev–Trinajstić information content (AvgIpc) is 2.15. The first-order valence-corrected chi connectivity index (χ1v) is 3.83. The van der Waals surface area contributed by atoms with Crippen LogP contribution in [0.15, 0.2) is 17.5 Å². The predicted octanol–water partition coefficient (Wildman–Crippen LogP) is 2.65. The molecule has 0 fully saturated rings.